The van der Waals surface area contributed by atoms with E-state index in [1.165, 1.54) is 24.8 Å². The summed E-state index contributed by atoms with van der Waals surface area (Å²) < 4.78 is 22.0. The minimum Gasteiger partial charge on any atom is -0.228 e. The first-order valence-corrected chi connectivity index (χ1v) is 7.07. The van der Waals surface area contributed by atoms with Crippen LogP contribution in [-0.4, -0.2) is 13.2 Å². The van der Waals surface area contributed by atoms with Gasteiger partial charge in [-0.2, -0.15) is 0 Å². The van der Waals surface area contributed by atoms with Crippen molar-refractivity contribution in [1.82, 2.24) is 0 Å². The Bertz CT molecular complexity index is 395. The van der Waals surface area contributed by atoms with Crippen molar-refractivity contribution < 1.29 is 8.42 Å². The molecule has 2 unspecified atom stereocenters. The van der Waals surface area contributed by atoms with Gasteiger partial charge in [-0.1, -0.05) is 11.6 Å². The van der Waals surface area contributed by atoms with Crippen LogP contribution in [0.15, 0.2) is 11.6 Å². The maximum Gasteiger partial charge on any atom is 0.214 e. The highest BCUT2D eigenvalue weighted by Crippen LogP contribution is 2.46. The van der Waals surface area contributed by atoms with Crippen LogP contribution in [0.5, 0.6) is 0 Å². The highest BCUT2D eigenvalue weighted by atomic mass is 32.2. The van der Waals surface area contributed by atoms with Gasteiger partial charge in [-0.05, 0) is 51.4 Å². The SMILES string of the molecule is CC(C)(CC1=CC2CCC1C2)S(N)(=O)=O. The number of rotatable bonds is 3. The molecule has 0 aliphatic heterocycles. The van der Waals surface area contributed by atoms with E-state index in [0.29, 0.717) is 18.3 Å². The molecule has 86 valence electrons. The maximum atomic E-state index is 11.4. The second kappa shape index (κ2) is 3.32. The van der Waals surface area contributed by atoms with Crippen molar-refractivity contribution in [3.05, 3.63) is 11.6 Å². The first-order valence-electron chi connectivity index (χ1n) is 5.52. The van der Waals surface area contributed by atoms with Gasteiger partial charge in [-0.3, -0.25) is 0 Å². The molecule has 2 atom stereocenters. The topological polar surface area (TPSA) is 60.2 Å². The zero-order valence-corrected chi connectivity index (χ0v) is 10.2. The molecule has 0 amide bonds. The van der Waals surface area contributed by atoms with Crippen LogP contribution in [-0.2, 0) is 10.0 Å². The van der Waals surface area contributed by atoms with Gasteiger partial charge in [-0.15, -0.1) is 0 Å². The number of hydrogen-bond acceptors (Lipinski definition) is 2. The molecule has 1 fully saturated rings. The molecule has 4 heteroatoms. The highest BCUT2D eigenvalue weighted by Gasteiger charge is 2.38. The van der Waals surface area contributed by atoms with Crippen molar-refractivity contribution in [3.63, 3.8) is 0 Å². The zero-order chi connectivity index (χ0) is 11.3. The minimum atomic E-state index is -3.45. The molecule has 0 radical (unpaired) electrons. The van der Waals surface area contributed by atoms with Gasteiger partial charge in [0.1, 0.15) is 0 Å². The van der Waals surface area contributed by atoms with Gasteiger partial charge in [0.05, 0.1) is 4.75 Å². The molecular weight excluding hydrogens is 210 g/mol. The molecule has 1 saturated carbocycles. The van der Waals surface area contributed by atoms with E-state index >= 15 is 0 Å². The lowest BCUT2D eigenvalue weighted by molar-refractivity contribution is 0.523. The van der Waals surface area contributed by atoms with Crippen molar-refractivity contribution >= 4 is 10.0 Å². The first kappa shape index (κ1) is 11.1. The predicted molar refractivity (Wildman–Crippen MR) is 60.7 cm³/mol. The van der Waals surface area contributed by atoms with Crippen LogP contribution < -0.4 is 5.14 Å². The summed E-state index contributed by atoms with van der Waals surface area (Å²) in [5.74, 6) is 1.34. The normalized spacial score (nSPS) is 30.7. The standard InChI is InChI=1S/C11H19NO2S/c1-11(2,15(12,13)14)7-10-6-8-3-4-9(10)5-8/h6,8-9H,3-5,7H2,1-2H3,(H2,12,13,14). The van der Waals surface area contributed by atoms with Gasteiger partial charge in [-0.25, -0.2) is 13.6 Å². The van der Waals surface area contributed by atoms with Crippen molar-refractivity contribution in [2.24, 2.45) is 17.0 Å². The van der Waals surface area contributed by atoms with Gasteiger partial charge in [0.25, 0.3) is 0 Å². The second-order valence-corrected chi connectivity index (χ2v) is 7.69. The smallest absolute Gasteiger partial charge is 0.214 e. The predicted octanol–water partition coefficient (Wildman–Crippen LogP) is 1.80. The van der Waals surface area contributed by atoms with E-state index < -0.39 is 14.8 Å². The largest absolute Gasteiger partial charge is 0.228 e. The van der Waals surface area contributed by atoms with Crippen molar-refractivity contribution in [2.75, 3.05) is 0 Å². The van der Waals surface area contributed by atoms with E-state index in [1.807, 2.05) is 0 Å². The lowest BCUT2D eigenvalue weighted by Crippen LogP contribution is -2.38. The summed E-state index contributed by atoms with van der Waals surface area (Å²) in [7, 11) is -3.45. The lowest BCUT2D eigenvalue weighted by atomic mass is 9.91. The summed E-state index contributed by atoms with van der Waals surface area (Å²) in [6, 6.07) is 0. The van der Waals surface area contributed by atoms with Gasteiger partial charge >= 0.3 is 0 Å². The lowest BCUT2D eigenvalue weighted by Gasteiger charge is -2.25. The Morgan fingerprint density at radius 1 is 1.47 bits per heavy atom. The van der Waals surface area contributed by atoms with Crippen LogP contribution in [0.4, 0.5) is 0 Å². The maximum absolute atomic E-state index is 11.4. The van der Waals surface area contributed by atoms with E-state index in [-0.39, 0.29) is 0 Å². The fraction of sp³-hybridized carbons (Fsp3) is 0.818. The first-order chi connectivity index (χ1) is 6.79. The summed E-state index contributed by atoms with van der Waals surface area (Å²) in [6.07, 6.45) is 6.63. The molecule has 0 heterocycles. The highest BCUT2D eigenvalue weighted by molar-refractivity contribution is 7.90. The number of nitrogens with two attached hydrogens (primary N) is 1. The molecule has 0 saturated heterocycles. The third-order valence-electron chi connectivity index (χ3n) is 3.85. The molecular formula is C11H19NO2S. The fourth-order valence-electron chi connectivity index (χ4n) is 2.74. The third-order valence-corrected chi connectivity index (χ3v) is 5.53. The molecule has 3 nitrogen and oxygen atoms in total. The number of hydrogen-bond donors (Lipinski definition) is 1. The van der Waals surface area contributed by atoms with Gasteiger partial charge < -0.3 is 0 Å². The van der Waals surface area contributed by atoms with E-state index in [1.54, 1.807) is 13.8 Å². The Balaban J connectivity index is 2.14. The van der Waals surface area contributed by atoms with Crippen molar-refractivity contribution in [1.29, 1.82) is 0 Å². The summed E-state index contributed by atoms with van der Waals surface area (Å²) >= 11 is 0. The number of sulfonamides is 1. The molecule has 2 aliphatic carbocycles. The van der Waals surface area contributed by atoms with Crippen LogP contribution in [0.1, 0.15) is 39.5 Å². The summed E-state index contributed by atoms with van der Waals surface area (Å²) in [5, 5.41) is 5.23. The summed E-state index contributed by atoms with van der Waals surface area (Å²) in [6.45, 7) is 3.43. The van der Waals surface area contributed by atoms with Crippen LogP contribution in [0.3, 0.4) is 0 Å². The van der Waals surface area contributed by atoms with E-state index in [0.717, 1.165) is 0 Å². The Labute approximate surface area is 91.8 Å². The molecule has 0 aromatic rings. The second-order valence-electron chi connectivity index (χ2n) is 5.49. The molecule has 0 spiro atoms. The molecule has 2 rings (SSSR count). The summed E-state index contributed by atoms with van der Waals surface area (Å²) in [5.41, 5.74) is 1.32. The van der Waals surface area contributed by atoms with Gasteiger partial charge in [0.15, 0.2) is 0 Å². The Morgan fingerprint density at radius 3 is 2.53 bits per heavy atom. The number of allylic oxidation sites excluding steroid dienone is 2. The van der Waals surface area contributed by atoms with E-state index in [2.05, 4.69) is 6.08 Å². The summed E-state index contributed by atoms with van der Waals surface area (Å²) in [4.78, 5) is 0. The fourth-order valence-corrected chi connectivity index (χ4v) is 3.11. The Kier molecular flexibility index (Phi) is 2.47. The Morgan fingerprint density at radius 2 is 2.13 bits per heavy atom. The number of fused-ring (bicyclic) bond motifs is 2. The Hall–Kier alpha value is -0.350. The van der Waals surface area contributed by atoms with Crippen LogP contribution in [0.2, 0.25) is 0 Å². The quantitative estimate of drug-likeness (QED) is 0.750. The molecule has 15 heavy (non-hydrogen) atoms. The van der Waals surface area contributed by atoms with Gasteiger partial charge in [0.2, 0.25) is 10.0 Å². The average Bonchev–Trinajstić information content (AvgIpc) is 2.61. The number of primary sulfonamides is 1. The van der Waals surface area contributed by atoms with Gasteiger partial charge in [0, 0.05) is 0 Å². The minimum absolute atomic E-state index is 0.604. The van der Waals surface area contributed by atoms with Crippen molar-refractivity contribution in [3.8, 4) is 0 Å². The molecule has 2 bridgehead atoms. The molecule has 2 aliphatic rings. The monoisotopic (exact) mass is 229 g/mol. The zero-order valence-electron chi connectivity index (χ0n) is 9.36. The van der Waals surface area contributed by atoms with E-state index in [9.17, 15) is 8.42 Å². The van der Waals surface area contributed by atoms with Crippen LogP contribution in [0, 0.1) is 11.8 Å². The van der Waals surface area contributed by atoms with E-state index in [4.69, 9.17) is 5.14 Å². The third kappa shape index (κ3) is 1.97. The molecule has 0 aromatic carbocycles. The molecule has 2 N–H and O–H groups in total. The van der Waals surface area contributed by atoms with Crippen molar-refractivity contribution in [2.45, 2.75) is 44.3 Å². The van der Waals surface area contributed by atoms with Crippen LogP contribution >= 0.6 is 0 Å². The van der Waals surface area contributed by atoms with Crippen LogP contribution in [0.25, 0.3) is 0 Å². The average molecular weight is 229 g/mol. The molecule has 0 aromatic heterocycles.